The Balaban J connectivity index is 1.97. The average Bonchev–Trinajstić information content (AvgIpc) is 2.77. The SMILES string of the molecule is COc1csc(C(=O)NC2CCCCCC2N)c1. The summed E-state index contributed by atoms with van der Waals surface area (Å²) in [7, 11) is 1.60. The average molecular weight is 268 g/mol. The molecule has 2 rings (SSSR count). The van der Waals surface area contributed by atoms with Crippen molar-refractivity contribution in [3.63, 3.8) is 0 Å². The van der Waals surface area contributed by atoms with E-state index in [0.717, 1.165) is 25.0 Å². The van der Waals surface area contributed by atoms with Crippen molar-refractivity contribution in [2.75, 3.05) is 7.11 Å². The maximum absolute atomic E-state index is 12.1. The molecular weight excluding hydrogens is 248 g/mol. The highest BCUT2D eigenvalue weighted by Crippen LogP contribution is 2.22. The molecule has 0 bridgehead atoms. The molecule has 1 heterocycles. The molecule has 0 spiro atoms. The van der Waals surface area contributed by atoms with E-state index in [2.05, 4.69) is 5.32 Å². The van der Waals surface area contributed by atoms with Crippen molar-refractivity contribution in [2.24, 2.45) is 5.73 Å². The summed E-state index contributed by atoms with van der Waals surface area (Å²) in [5.74, 6) is 0.695. The standard InChI is InChI=1S/C13H20N2O2S/c1-17-9-7-12(18-8-9)13(16)15-11-6-4-2-3-5-10(11)14/h7-8,10-11H,2-6,14H2,1H3,(H,15,16). The molecular formula is C13H20N2O2S. The van der Waals surface area contributed by atoms with Gasteiger partial charge in [0.2, 0.25) is 0 Å². The van der Waals surface area contributed by atoms with E-state index in [9.17, 15) is 4.79 Å². The number of nitrogens with two attached hydrogens (primary N) is 1. The minimum absolute atomic E-state index is 0.0364. The third kappa shape index (κ3) is 3.23. The van der Waals surface area contributed by atoms with Crippen molar-refractivity contribution in [3.8, 4) is 5.75 Å². The predicted octanol–water partition coefficient (Wildman–Crippen LogP) is 2.15. The minimum Gasteiger partial charge on any atom is -0.496 e. The van der Waals surface area contributed by atoms with Gasteiger partial charge in [-0.1, -0.05) is 19.3 Å². The third-order valence-electron chi connectivity index (χ3n) is 3.42. The Bertz CT molecular complexity index is 405. The summed E-state index contributed by atoms with van der Waals surface area (Å²) >= 11 is 1.40. The van der Waals surface area contributed by atoms with Crippen molar-refractivity contribution in [1.29, 1.82) is 0 Å². The van der Waals surface area contributed by atoms with Crippen LogP contribution in [0.3, 0.4) is 0 Å². The van der Waals surface area contributed by atoms with Gasteiger partial charge in [-0.3, -0.25) is 4.79 Å². The van der Waals surface area contributed by atoms with Crippen LogP contribution in [-0.2, 0) is 0 Å². The van der Waals surface area contributed by atoms with E-state index in [1.54, 1.807) is 13.2 Å². The van der Waals surface area contributed by atoms with Crippen LogP contribution in [0.2, 0.25) is 0 Å². The van der Waals surface area contributed by atoms with Crippen LogP contribution in [0.5, 0.6) is 5.75 Å². The van der Waals surface area contributed by atoms with E-state index in [1.807, 2.05) is 5.38 Å². The highest BCUT2D eigenvalue weighted by Gasteiger charge is 2.23. The van der Waals surface area contributed by atoms with Gasteiger partial charge >= 0.3 is 0 Å². The molecule has 1 aliphatic rings. The smallest absolute Gasteiger partial charge is 0.261 e. The lowest BCUT2D eigenvalue weighted by atomic mass is 10.0. The van der Waals surface area contributed by atoms with E-state index < -0.39 is 0 Å². The monoisotopic (exact) mass is 268 g/mol. The van der Waals surface area contributed by atoms with Crippen LogP contribution < -0.4 is 15.8 Å². The topological polar surface area (TPSA) is 64.3 Å². The molecule has 0 radical (unpaired) electrons. The first-order valence-corrected chi connectivity index (χ1v) is 7.27. The second-order valence-electron chi connectivity index (χ2n) is 4.73. The molecule has 1 fully saturated rings. The van der Waals surface area contributed by atoms with E-state index >= 15 is 0 Å². The molecule has 1 amide bonds. The maximum Gasteiger partial charge on any atom is 0.261 e. The fourth-order valence-electron chi connectivity index (χ4n) is 2.30. The molecule has 5 heteroatoms. The molecule has 1 aliphatic carbocycles. The lowest BCUT2D eigenvalue weighted by molar-refractivity contribution is 0.0932. The summed E-state index contributed by atoms with van der Waals surface area (Å²) in [5.41, 5.74) is 6.10. The summed E-state index contributed by atoms with van der Waals surface area (Å²) < 4.78 is 5.08. The second kappa shape index (κ2) is 6.20. The fraction of sp³-hybridized carbons (Fsp3) is 0.615. The van der Waals surface area contributed by atoms with Crippen LogP contribution in [0.4, 0.5) is 0 Å². The quantitative estimate of drug-likeness (QED) is 0.826. The zero-order valence-electron chi connectivity index (χ0n) is 10.6. The summed E-state index contributed by atoms with van der Waals surface area (Å²) in [4.78, 5) is 12.8. The van der Waals surface area contributed by atoms with Crippen molar-refractivity contribution >= 4 is 17.2 Å². The highest BCUT2D eigenvalue weighted by molar-refractivity contribution is 7.12. The molecule has 18 heavy (non-hydrogen) atoms. The number of rotatable bonds is 3. The van der Waals surface area contributed by atoms with Gasteiger partial charge < -0.3 is 15.8 Å². The molecule has 0 aliphatic heterocycles. The number of methoxy groups -OCH3 is 1. The highest BCUT2D eigenvalue weighted by atomic mass is 32.1. The maximum atomic E-state index is 12.1. The summed E-state index contributed by atoms with van der Waals surface area (Å²) in [6.07, 6.45) is 5.51. The van der Waals surface area contributed by atoms with Crippen molar-refractivity contribution < 1.29 is 9.53 Å². The van der Waals surface area contributed by atoms with E-state index in [4.69, 9.17) is 10.5 Å². The van der Waals surface area contributed by atoms with Crippen molar-refractivity contribution in [3.05, 3.63) is 16.3 Å². The number of carbonyl (C=O) groups excluding carboxylic acids is 1. The minimum atomic E-state index is -0.0364. The lowest BCUT2D eigenvalue weighted by Crippen LogP contribution is -2.46. The number of carbonyl (C=O) groups is 1. The number of ether oxygens (including phenoxy) is 1. The first kappa shape index (κ1) is 13.4. The Morgan fingerprint density at radius 1 is 1.44 bits per heavy atom. The largest absolute Gasteiger partial charge is 0.496 e. The molecule has 100 valence electrons. The van der Waals surface area contributed by atoms with E-state index in [1.165, 1.54) is 24.2 Å². The van der Waals surface area contributed by atoms with Crippen molar-refractivity contribution in [1.82, 2.24) is 5.32 Å². The van der Waals surface area contributed by atoms with Crippen LogP contribution in [0.25, 0.3) is 0 Å². The van der Waals surface area contributed by atoms with Crippen LogP contribution in [0, 0.1) is 0 Å². The molecule has 0 saturated heterocycles. The van der Waals surface area contributed by atoms with E-state index in [0.29, 0.717) is 4.88 Å². The first-order valence-electron chi connectivity index (χ1n) is 6.39. The Kier molecular flexibility index (Phi) is 4.60. The number of thiophene rings is 1. The number of amides is 1. The van der Waals surface area contributed by atoms with Gasteiger partial charge in [-0.25, -0.2) is 0 Å². The Labute approximate surface area is 112 Å². The van der Waals surface area contributed by atoms with Crippen LogP contribution in [0.1, 0.15) is 41.8 Å². The van der Waals surface area contributed by atoms with Gasteiger partial charge in [-0.2, -0.15) is 0 Å². The molecule has 3 N–H and O–H groups in total. The zero-order valence-corrected chi connectivity index (χ0v) is 11.5. The van der Waals surface area contributed by atoms with Gasteiger partial charge in [-0.15, -0.1) is 11.3 Å². The Morgan fingerprint density at radius 3 is 2.94 bits per heavy atom. The van der Waals surface area contributed by atoms with Gasteiger partial charge in [0.15, 0.2) is 0 Å². The van der Waals surface area contributed by atoms with Crippen LogP contribution >= 0.6 is 11.3 Å². The van der Waals surface area contributed by atoms with Gasteiger partial charge in [-0.05, 0) is 12.8 Å². The molecule has 2 atom stereocenters. The third-order valence-corrected chi connectivity index (χ3v) is 4.33. The Hall–Kier alpha value is -1.07. The van der Waals surface area contributed by atoms with Gasteiger partial charge in [0, 0.05) is 23.5 Å². The molecule has 1 aromatic heterocycles. The summed E-state index contributed by atoms with van der Waals surface area (Å²) in [6.45, 7) is 0. The molecule has 2 unspecified atom stereocenters. The molecule has 4 nitrogen and oxygen atoms in total. The number of hydrogen-bond donors (Lipinski definition) is 2. The summed E-state index contributed by atoms with van der Waals surface area (Å²) in [5, 5.41) is 4.89. The van der Waals surface area contributed by atoms with Gasteiger partial charge in [0.25, 0.3) is 5.91 Å². The second-order valence-corrected chi connectivity index (χ2v) is 5.64. The first-order chi connectivity index (χ1) is 8.70. The van der Waals surface area contributed by atoms with Crippen LogP contribution in [-0.4, -0.2) is 25.1 Å². The Morgan fingerprint density at radius 2 is 2.22 bits per heavy atom. The summed E-state index contributed by atoms with van der Waals surface area (Å²) in [6, 6.07) is 1.95. The normalized spacial score (nSPS) is 24.3. The fourth-order valence-corrected chi connectivity index (χ4v) is 3.06. The molecule has 0 aromatic carbocycles. The van der Waals surface area contributed by atoms with Gasteiger partial charge in [0.05, 0.1) is 12.0 Å². The van der Waals surface area contributed by atoms with Crippen molar-refractivity contribution in [2.45, 2.75) is 44.2 Å². The molecule has 1 saturated carbocycles. The predicted molar refractivity (Wildman–Crippen MR) is 73.2 cm³/mol. The van der Waals surface area contributed by atoms with Crippen LogP contribution in [0.15, 0.2) is 11.4 Å². The molecule has 1 aromatic rings. The van der Waals surface area contributed by atoms with E-state index in [-0.39, 0.29) is 18.0 Å². The van der Waals surface area contributed by atoms with Gasteiger partial charge in [0.1, 0.15) is 5.75 Å². The lowest BCUT2D eigenvalue weighted by Gasteiger charge is -2.22. The number of nitrogens with one attached hydrogen (secondary N) is 1. The zero-order chi connectivity index (χ0) is 13.0. The number of hydrogen-bond acceptors (Lipinski definition) is 4.